The zero-order chi connectivity index (χ0) is 20.4. The van der Waals surface area contributed by atoms with Gasteiger partial charge in [0.25, 0.3) is 0 Å². The SMILES string of the molecule is c1ccc2c(c1)Cc1cc(C3CCCc4c3ccc3c4ccc4ccccc43)ccc1-2. The van der Waals surface area contributed by atoms with Gasteiger partial charge in [0, 0.05) is 5.92 Å². The minimum atomic E-state index is 0.508. The summed E-state index contributed by atoms with van der Waals surface area (Å²) in [6.45, 7) is 0. The fraction of sp³-hybridized carbons (Fsp3) is 0.161. The van der Waals surface area contributed by atoms with Gasteiger partial charge >= 0.3 is 0 Å². The second kappa shape index (κ2) is 6.56. The number of benzene rings is 5. The Kier molecular flexibility index (Phi) is 3.66. The summed E-state index contributed by atoms with van der Waals surface area (Å²) in [5.41, 5.74) is 10.4. The molecular weight excluding hydrogens is 372 g/mol. The molecule has 0 aromatic heterocycles. The summed E-state index contributed by atoms with van der Waals surface area (Å²) in [7, 11) is 0. The first kappa shape index (κ1) is 17.3. The van der Waals surface area contributed by atoms with E-state index in [4.69, 9.17) is 0 Å². The maximum Gasteiger partial charge on any atom is 0.00925 e. The van der Waals surface area contributed by atoms with Crippen LogP contribution in [0, 0.1) is 0 Å². The van der Waals surface area contributed by atoms with E-state index in [1.807, 2.05) is 0 Å². The van der Waals surface area contributed by atoms with E-state index in [1.165, 1.54) is 68.6 Å². The summed E-state index contributed by atoms with van der Waals surface area (Å²) in [6, 6.07) is 34.4. The number of fused-ring (bicyclic) bond motifs is 8. The summed E-state index contributed by atoms with van der Waals surface area (Å²) in [6.07, 6.45) is 4.78. The highest BCUT2D eigenvalue weighted by Gasteiger charge is 2.26. The fourth-order valence-electron chi connectivity index (χ4n) is 6.14. The molecule has 5 aromatic carbocycles. The molecule has 1 unspecified atom stereocenters. The third-order valence-corrected chi connectivity index (χ3v) is 7.59. The van der Waals surface area contributed by atoms with Crippen molar-refractivity contribution in [3.8, 4) is 11.1 Å². The lowest BCUT2D eigenvalue weighted by atomic mass is 9.76. The molecule has 0 nitrogen and oxygen atoms in total. The monoisotopic (exact) mass is 396 g/mol. The zero-order valence-electron chi connectivity index (χ0n) is 17.6. The van der Waals surface area contributed by atoms with Crippen LogP contribution in [0.15, 0.2) is 91.0 Å². The molecular formula is C31H24. The minimum Gasteiger partial charge on any atom is -0.0619 e. The molecule has 0 spiro atoms. The van der Waals surface area contributed by atoms with Crippen LogP contribution in [0.5, 0.6) is 0 Å². The van der Waals surface area contributed by atoms with E-state index in [9.17, 15) is 0 Å². The third-order valence-electron chi connectivity index (χ3n) is 7.59. The second-order valence-corrected chi connectivity index (χ2v) is 9.21. The Morgan fingerprint density at radius 2 is 1.45 bits per heavy atom. The normalized spacial score (nSPS) is 16.8. The van der Waals surface area contributed by atoms with E-state index in [0.717, 1.165) is 6.42 Å². The largest absolute Gasteiger partial charge is 0.0619 e. The van der Waals surface area contributed by atoms with Gasteiger partial charge in [-0.15, -0.1) is 0 Å². The van der Waals surface area contributed by atoms with Crippen molar-refractivity contribution in [3.05, 3.63) is 119 Å². The van der Waals surface area contributed by atoms with Crippen LogP contribution in [0.1, 0.15) is 46.6 Å². The molecule has 0 amide bonds. The van der Waals surface area contributed by atoms with Gasteiger partial charge in [0.15, 0.2) is 0 Å². The molecule has 0 heterocycles. The molecule has 2 aliphatic carbocycles. The van der Waals surface area contributed by atoms with Gasteiger partial charge in [-0.05, 0) is 86.2 Å². The molecule has 0 fully saturated rings. The molecule has 0 radical (unpaired) electrons. The Morgan fingerprint density at radius 1 is 0.613 bits per heavy atom. The molecule has 0 aliphatic heterocycles. The number of rotatable bonds is 1. The molecule has 2 aliphatic rings. The average molecular weight is 397 g/mol. The predicted molar refractivity (Wildman–Crippen MR) is 131 cm³/mol. The van der Waals surface area contributed by atoms with Gasteiger partial charge < -0.3 is 0 Å². The molecule has 0 saturated heterocycles. The van der Waals surface area contributed by atoms with Crippen LogP contribution in [0.25, 0.3) is 32.7 Å². The van der Waals surface area contributed by atoms with Crippen molar-refractivity contribution in [1.82, 2.24) is 0 Å². The molecule has 0 saturated carbocycles. The number of aryl methyl sites for hydroxylation is 1. The van der Waals surface area contributed by atoms with Crippen LogP contribution in [0.3, 0.4) is 0 Å². The van der Waals surface area contributed by atoms with Crippen LogP contribution < -0.4 is 0 Å². The van der Waals surface area contributed by atoms with Crippen molar-refractivity contribution in [1.29, 1.82) is 0 Å². The van der Waals surface area contributed by atoms with E-state index < -0.39 is 0 Å². The predicted octanol–water partition coefficient (Wildman–Crippen LogP) is 8.03. The van der Waals surface area contributed by atoms with Crippen molar-refractivity contribution in [2.24, 2.45) is 0 Å². The van der Waals surface area contributed by atoms with Gasteiger partial charge in [-0.1, -0.05) is 91.0 Å². The molecule has 7 rings (SSSR count). The third kappa shape index (κ3) is 2.55. The lowest BCUT2D eigenvalue weighted by molar-refractivity contribution is 0.619. The lowest BCUT2D eigenvalue weighted by Gasteiger charge is -2.28. The zero-order valence-corrected chi connectivity index (χ0v) is 17.6. The first-order chi connectivity index (χ1) is 15.4. The van der Waals surface area contributed by atoms with Crippen LogP contribution in [0.2, 0.25) is 0 Å². The second-order valence-electron chi connectivity index (χ2n) is 9.21. The Bertz CT molecular complexity index is 1490. The molecule has 31 heavy (non-hydrogen) atoms. The van der Waals surface area contributed by atoms with Crippen LogP contribution in [-0.2, 0) is 12.8 Å². The smallest absolute Gasteiger partial charge is 0.00925 e. The lowest BCUT2D eigenvalue weighted by Crippen LogP contribution is -2.12. The standard InChI is InChI=1S/C31H24/c1-3-8-24-20(6-1)12-15-31-28-11-5-10-26(30(28)17-16-29(24)31)22-13-14-27-23(19-22)18-21-7-2-4-9-25(21)27/h1-4,6-9,12-17,19,26H,5,10-11,18H2. The van der Waals surface area contributed by atoms with Crippen molar-refractivity contribution in [2.75, 3.05) is 0 Å². The van der Waals surface area contributed by atoms with Crippen LogP contribution in [0.4, 0.5) is 0 Å². The maximum absolute atomic E-state index is 2.50. The van der Waals surface area contributed by atoms with Crippen molar-refractivity contribution in [2.45, 2.75) is 31.6 Å². The highest BCUT2D eigenvalue weighted by Crippen LogP contribution is 2.43. The Balaban J connectivity index is 1.37. The fourth-order valence-corrected chi connectivity index (χ4v) is 6.14. The van der Waals surface area contributed by atoms with E-state index in [0.29, 0.717) is 5.92 Å². The van der Waals surface area contributed by atoms with Gasteiger partial charge in [0.2, 0.25) is 0 Å². The van der Waals surface area contributed by atoms with Gasteiger partial charge in [0.1, 0.15) is 0 Å². The Labute approximate surface area is 183 Å². The van der Waals surface area contributed by atoms with Gasteiger partial charge in [-0.2, -0.15) is 0 Å². The summed E-state index contributed by atoms with van der Waals surface area (Å²) < 4.78 is 0. The van der Waals surface area contributed by atoms with Gasteiger partial charge in [-0.3, -0.25) is 0 Å². The van der Waals surface area contributed by atoms with Gasteiger partial charge in [0.05, 0.1) is 0 Å². The summed E-state index contributed by atoms with van der Waals surface area (Å²) >= 11 is 0. The topological polar surface area (TPSA) is 0 Å². The first-order valence-corrected chi connectivity index (χ1v) is 11.5. The molecule has 0 N–H and O–H groups in total. The Hall–Kier alpha value is -3.38. The Morgan fingerprint density at radius 3 is 2.45 bits per heavy atom. The van der Waals surface area contributed by atoms with Gasteiger partial charge in [-0.25, -0.2) is 0 Å². The molecule has 0 heteroatoms. The van der Waals surface area contributed by atoms with Crippen molar-refractivity contribution < 1.29 is 0 Å². The molecule has 148 valence electrons. The number of hydrogen-bond acceptors (Lipinski definition) is 0. The molecule has 5 aromatic rings. The van der Waals surface area contributed by atoms with E-state index in [2.05, 4.69) is 91.0 Å². The van der Waals surface area contributed by atoms with Crippen LogP contribution in [-0.4, -0.2) is 0 Å². The highest BCUT2D eigenvalue weighted by atomic mass is 14.3. The highest BCUT2D eigenvalue weighted by molar-refractivity contribution is 6.08. The van der Waals surface area contributed by atoms with E-state index >= 15 is 0 Å². The quantitative estimate of drug-likeness (QED) is 0.247. The van der Waals surface area contributed by atoms with Crippen molar-refractivity contribution in [3.63, 3.8) is 0 Å². The first-order valence-electron chi connectivity index (χ1n) is 11.5. The van der Waals surface area contributed by atoms with E-state index in [1.54, 1.807) is 11.1 Å². The molecule has 0 bridgehead atoms. The molecule has 1 atom stereocenters. The summed E-state index contributed by atoms with van der Waals surface area (Å²) in [5, 5.41) is 5.57. The summed E-state index contributed by atoms with van der Waals surface area (Å²) in [5.74, 6) is 0.508. The number of hydrogen-bond donors (Lipinski definition) is 0. The summed E-state index contributed by atoms with van der Waals surface area (Å²) in [4.78, 5) is 0. The van der Waals surface area contributed by atoms with Crippen LogP contribution >= 0.6 is 0 Å². The maximum atomic E-state index is 2.50. The minimum absolute atomic E-state index is 0.508. The van der Waals surface area contributed by atoms with Crippen molar-refractivity contribution >= 4 is 21.5 Å². The average Bonchev–Trinajstić information content (AvgIpc) is 3.21. The van der Waals surface area contributed by atoms with E-state index in [-0.39, 0.29) is 0 Å².